The van der Waals surface area contributed by atoms with Crippen LogP contribution in [0.3, 0.4) is 0 Å². The fourth-order valence-corrected chi connectivity index (χ4v) is 5.09. The van der Waals surface area contributed by atoms with Gasteiger partial charge in [0.05, 0.1) is 35.0 Å². The lowest BCUT2D eigenvalue weighted by molar-refractivity contribution is 0.0952. The number of amides is 1. The summed E-state index contributed by atoms with van der Waals surface area (Å²) in [4.78, 5) is 16.8. The van der Waals surface area contributed by atoms with Crippen molar-refractivity contribution in [2.45, 2.75) is 77.8 Å². The first kappa shape index (κ1) is 33.4. The average Bonchev–Trinajstić information content (AvgIpc) is 3.57. The van der Waals surface area contributed by atoms with Gasteiger partial charge in [0.25, 0.3) is 5.91 Å². The molecule has 226 valence electrons. The number of halogens is 3. The molecule has 0 radical (unpaired) electrons. The predicted octanol–water partition coefficient (Wildman–Crippen LogP) is 6.95. The van der Waals surface area contributed by atoms with Crippen molar-refractivity contribution in [3.8, 4) is 0 Å². The Hall–Kier alpha value is -3.07. The Morgan fingerprint density at radius 2 is 1.67 bits per heavy atom. The fraction of sp³-hybridized carbons (Fsp3) is 0.419. The molecule has 2 heterocycles. The van der Waals surface area contributed by atoms with E-state index in [0.29, 0.717) is 41.2 Å². The molecule has 1 amide bonds. The van der Waals surface area contributed by atoms with Crippen LogP contribution in [0, 0.1) is 0 Å². The fourth-order valence-electron chi connectivity index (χ4n) is 4.77. The van der Waals surface area contributed by atoms with Gasteiger partial charge in [-0.05, 0) is 73.9 Å². The van der Waals surface area contributed by atoms with Crippen LogP contribution in [0.5, 0.6) is 0 Å². The van der Waals surface area contributed by atoms with Gasteiger partial charge in [-0.1, -0.05) is 72.8 Å². The Bertz CT molecular complexity index is 1400. The van der Waals surface area contributed by atoms with Crippen LogP contribution in [0.1, 0.15) is 78.3 Å². The van der Waals surface area contributed by atoms with E-state index in [1.165, 1.54) is 24.8 Å². The van der Waals surface area contributed by atoms with E-state index in [1.54, 1.807) is 10.7 Å². The minimum absolute atomic E-state index is 0. The second-order valence-electron chi connectivity index (χ2n) is 10.4. The Labute approximate surface area is 264 Å². The number of nitrogens with two attached hydrogens (primary N) is 1. The number of imidazole rings is 1. The second kappa shape index (κ2) is 17.1. The molecule has 0 spiro atoms. The molecule has 42 heavy (non-hydrogen) atoms. The number of hydrogen-bond acceptors (Lipinski definition) is 5. The number of hydrogen-bond donors (Lipinski definition) is 2. The van der Waals surface area contributed by atoms with Gasteiger partial charge < -0.3 is 15.6 Å². The van der Waals surface area contributed by atoms with Crippen LogP contribution < -0.4 is 11.1 Å². The quantitative estimate of drug-likeness (QED) is 0.130. The van der Waals surface area contributed by atoms with Crippen molar-refractivity contribution in [1.82, 2.24) is 29.9 Å². The third-order valence-electron chi connectivity index (χ3n) is 7.16. The highest BCUT2D eigenvalue weighted by atomic mass is 35.5. The number of aryl methyl sites for hydroxylation is 3. The van der Waals surface area contributed by atoms with E-state index >= 15 is 0 Å². The molecule has 2 aromatic heterocycles. The summed E-state index contributed by atoms with van der Waals surface area (Å²) in [6, 6.07) is 13.5. The summed E-state index contributed by atoms with van der Waals surface area (Å²) in [5.41, 5.74) is 11.2. The highest BCUT2D eigenvalue weighted by Gasteiger charge is 2.10. The lowest BCUT2D eigenvalue weighted by atomic mass is 10.1. The molecule has 0 fully saturated rings. The molecule has 11 heteroatoms. The third kappa shape index (κ3) is 10.0. The Kier molecular flexibility index (Phi) is 13.6. The van der Waals surface area contributed by atoms with Gasteiger partial charge >= 0.3 is 0 Å². The van der Waals surface area contributed by atoms with Crippen molar-refractivity contribution >= 4 is 47.5 Å². The maximum Gasteiger partial charge on any atom is 0.251 e. The summed E-state index contributed by atoms with van der Waals surface area (Å²) in [6.07, 6.45) is 13.3. The van der Waals surface area contributed by atoms with Crippen LogP contribution in [0.2, 0.25) is 10.0 Å². The van der Waals surface area contributed by atoms with Gasteiger partial charge in [0, 0.05) is 24.0 Å². The predicted molar refractivity (Wildman–Crippen MR) is 173 cm³/mol. The van der Waals surface area contributed by atoms with E-state index in [9.17, 15) is 4.79 Å². The van der Waals surface area contributed by atoms with Gasteiger partial charge in [0.1, 0.15) is 0 Å². The first-order valence-corrected chi connectivity index (χ1v) is 15.2. The van der Waals surface area contributed by atoms with E-state index in [-0.39, 0.29) is 18.3 Å². The van der Waals surface area contributed by atoms with Crippen molar-refractivity contribution in [2.24, 2.45) is 0 Å². The zero-order valence-electron chi connectivity index (χ0n) is 24.1. The van der Waals surface area contributed by atoms with Gasteiger partial charge in [0.2, 0.25) is 5.95 Å². The number of carbonyl (C=O) groups is 1. The molecule has 0 unspecified atom stereocenters. The zero-order valence-corrected chi connectivity index (χ0v) is 26.4. The summed E-state index contributed by atoms with van der Waals surface area (Å²) in [7, 11) is 0. The number of nitrogens with one attached hydrogen (secondary N) is 1. The standard InChI is InChI=1S/C31H39Cl2N7O.ClH/c1-2-3-5-8-23-11-14-25(15-12-23)30(41)35-17-18-39-22-26(37-38-39)9-6-4-7-10-27-20-36-31(34)40(27)21-24-13-16-28(32)29(33)19-24;/h11-16,19-20,22H,2-10,17-18,21H2,1H3,(H2,34,36)(H,35,41);1H. The van der Waals surface area contributed by atoms with Crippen molar-refractivity contribution in [2.75, 3.05) is 12.3 Å². The zero-order chi connectivity index (χ0) is 29.0. The number of carbonyl (C=O) groups excluding carboxylic acids is 1. The maximum atomic E-state index is 12.5. The molecule has 4 rings (SSSR count). The van der Waals surface area contributed by atoms with Crippen molar-refractivity contribution < 1.29 is 4.79 Å². The molecule has 0 bridgehead atoms. The first-order chi connectivity index (χ1) is 19.9. The molecule has 4 aromatic rings. The van der Waals surface area contributed by atoms with Crippen LogP contribution in [0.25, 0.3) is 0 Å². The molecule has 0 saturated heterocycles. The first-order valence-electron chi connectivity index (χ1n) is 14.4. The molecule has 0 aliphatic rings. The highest BCUT2D eigenvalue weighted by molar-refractivity contribution is 6.42. The topological polar surface area (TPSA) is 104 Å². The number of nitrogens with zero attached hydrogens (tertiary/aromatic N) is 5. The highest BCUT2D eigenvalue weighted by Crippen LogP contribution is 2.24. The van der Waals surface area contributed by atoms with Gasteiger partial charge in [-0.25, -0.2) is 4.98 Å². The summed E-state index contributed by atoms with van der Waals surface area (Å²) >= 11 is 12.2. The number of anilines is 1. The Morgan fingerprint density at radius 3 is 2.43 bits per heavy atom. The molecule has 0 aliphatic carbocycles. The molecule has 2 aromatic carbocycles. The lowest BCUT2D eigenvalue weighted by Gasteiger charge is -2.11. The van der Waals surface area contributed by atoms with E-state index in [0.717, 1.165) is 55.5 Å². The smallest absolute Gasteiger partial charge is 0.251 e. The number of aromatic nitrogens is 5. The number of benzene rings is 2. The summed E-state index contributed by atoms with van der Waals surface area (Å²) in [5, 5.41) is 12.6. The summed E-state index contributed by atoms with van der Waals surface area (Å²) < 4.78 is 3.81. The largest absolute Gasteiger partial charge is 0.369 e. The normalized spacial score (nSPS) is 10.9. The van der Waals surface area contributed by atoms with Gasteiger partial charge in [-0.3, -0.25) is 9.48 Å². The minimum Gasteiger partial charge on any atom is -0.369 e. The maximum absolute atomic E-state index is 12.5. The monoisotopic (exact) mass is 631 g/mol. The van der Waals surface area contributed by atoms with Crippen LogP contribution >= 0.6 is 35.6 Å². The van der Waals surface area contributed by atoms with Crippen LogP contribution in [-0.4, -0.2) is 37.0 Å². The average molecular weight is 633 g/mol. The molecule has 0 saturated carbocycles. The van der Waals surface area contributed by atoms with Gasteiger partial charge in [0.15, 0.2) is 0 Å². The van der Waals surface area contributed by atoms with Crippen molar-refractivity contribution in [3.63, 3.8) is 0 Å². The minimum atomic E-state index is -0.0643. The molecular formula is C31H40Cl3N7O. The molecule has 0 aliphatic heterocycles. The van der Waals surface area contributed by atoms with Gasteiger partial charge in [-0.15, -0.1) is 17.5 Å². The summed E-state index contributed by atoms with van der Waals surface area (Å²) in [6.45, 7) is 3.89. The van der Waals surface area contributed by atoms with Gasteiger partial charge in [-0.2, -0.15) is 0 Å². The number of nitrogen functional groups attached to an aromatic ring is 1. The number of rotatable bonds is 16. The third-order valence-corrected chi connectivity index (χ3v) is 7.90. The molecule has 0 atom stereocenters. The van der Waals surface area contributed by atoms with Crippen LogP contribution in [-0.2, 0) is 32.4 Å². The van der Waals surface area contributed by atoms with Crippen LogP contribution in [0.15, 0.2) is 54.9 Å². The molecular weight excluding hydrogens is 593 g/mol. The van der Waals surface area contributed by atoms with E-state index < -0.39 is 0 Å². The summed E-state index contributed by atoms with van der Waals surface area (Å²) in [5.74, 6) is 0.431. The van der Waals surface area contributed by atoms with Crippen molar-refractivity contribution in [3.05, 3.63) is 93.0 Å². The number of unbranched alkanes of at least 4 members (excludes halogenated alkanes) is 4. The lowest BCUT2D eigenvalue weighted by Crippen LogP contribution is -2.27. The van der Waals surface area contributed by atoms with Crippen LogP contribution in [0.4, 0.5) is 5.95 Å². The van der Waals surface area contributed by atoms with E-state index in [1.807, 2.05) is 41.2 Å². The van der Waals surface area contributed by atoms with Crippen molar-refractivity contribution in [1.29, 1.82) is 0 Å². The Balaban J connectivity index is 0.00000484. The van der Waals surface area contributed by atoms with E-state index in [2.05, 4.69) is 39.7 Å². The molecule has 8 nitrogen and oxygen atoms in total. The van der Waals surface area contributed by atoms with E-state index in [4.69, 9.17) is 28.9 Å². The Morgan fingerprint density at radius 1 is 0.929 bits per heavy atom. The molecule has 3 N–H and O–H groups in total. The SMILES string of the molecule is CCCCCc1ccc(C(=O)NCCn2cc(CCCCCc3cnc(N)n3Cc3ccc(Cl)c(Cl)c3)nn2)cc1.Cl. The second-order valence-corrected chi connectivity index (χ2v) is 11.2.